The van der Waals surface area contributed by atoms with Crippen molar-refractivity contribution in [3.8, 4) is 29.1 Å². The van der Waals surface area contributed by atoms with Crippen LogP contribution in [0.15, 0.2) is 72.8 Å². The molecule has 140 heavy (non-hydrogen) atoms. The van der Waals surface area contributed by atoms with E-state index in [9.17, 15) is 82.7 Å². The van der Waals surface area contributed by atoms with E-state index in [-0.39, 0.29) is 158 Å². The average Bonchev–Trinajstić information content (AvgIpc) is 1.54. The molecule has 765 valence electrons. The third kappa shape index (κ3) is 26.1. The minimum Gasteiger partial charge on any atom is -0.540 e. The summed E-state index contributed by atoms with van der Waals surface area (Å²) in [7, 11) is 0. The smallest absolute Gasteiger partial charge is 0.540 e. The molecule has 6 aromatic rings. The Balaban J connectivity index is 0.000000214. The fourth-order valence-electron chi connectivity index (χ4n) is 19.0. The number of hydrogen-bond acceptors (Lipinski definition) is 20. The van der Waals surface area contributed by atoms with Gasteiger partial charge in [0.1, 0.15) is 65.2 Å². The minimum atomic E-state index is -4.98. The maximum Gasteiger partial charge on any atom is 0.573 e. The van der Waals surface area contributed by atoms with Crippen LogP contribution in [0.25, 0.3) is 32.7 Å². The van der Waals surface area contributed by atoms with Crippen molar-refractivity contribution in [1.82, 2.24) is 45.6 Å². The van der Waals surface area contributed by atoms with E-state index in [1.54, 1.807) is 96.9 Å². The first-order chi connectivity index (χ1) is 63.6. The summed E-state index contributed by atoms with van der Waals surface area (Å²) in [5, 5.41) is 8.39. The normalized spacial score (nSPS) is 29.5. The van der Waals surface area contributed by atoms with Crippen LogP contribution >= 0.6 is 0 Å². The quantitative estimate of drug-likeness (QED) is 0.0792. The molecule has 6 aliphatic heterocycles. The van der Waals surface area contributed by atoms with Crippen molar-refractivity contribution in [1.29, 1.82) is 0 Å². The second-order valence-corrected chi connectivity index (χ2v) is 41.0. The van der Waals surface area contributed by atoms with Crippen LogP contribution in [0.3, 0.4) is 0 Å². The number of hydrogen-bond donors (Lipinski definition) is 3. The molecular weight excluding hydrogens is 1990 g/mol. The Morgan fingerprint density at radius 2 is 0.771 bits per heavy atom. The first kappa shape index (κ1) is 113. The number of alkyl halides is 15. The first-order valence-electron chi connectivity index (χ1n) is 45.7. The number of amides is 6. The fourth-order valence-corrected chi connectivity index (χ4v) is 19.0. The van der Waals surface area contributed by atoms with Gasteiger partial charge in [0.05, 0.1) is 58.4 Å². The SMILES string of the molecule is CC[C@@H]1[C@@H]2CN(C(=O)[C@H](C(C)(C)C)NC(=O)O[C@]3(C)C[C@H]3CCCCC(F)(F)c3cc4ccc(OC(F)(F)F)cc4nc3O2)[C@@H]1[C-]=O.C[C@@H]1[C@@H]2CN(C(=O)[C@H](C(C)(C)C)NC(=O)O[C@@H]3C[C@H]3CCCCC(F)(F)c3cc4ccc(C(F)(F)F)cc4nc3O2)[C@@H]1[C-]=O.C[C@@H]1[C@@H]2CN(C(=O)[C@H](C(C)(C)C)NC(=O)O[C@]3(C)C[C@H]3CCCCC(F)(F)c3cc4ccc(OC(F)(F)F)cc4nc3O2)[C@@H]1[C-]=O.[V].[V].[V]. The molecule has 3 aromatic heterocycles. The van der Waals surface area contributed by atoms with E-state index in [0.717, 1.165) is 60.7 Å². The molecule has 0 unspecified atom stereocenters. The predicted octanol–water partition coefficient (Wildman–Crippen LogP) is 19.4. The van der Waals surface area contributed by atoms with Crippen LogP contribution < -0.4 is 39.6 Å². The summed E-state index contributed by atoms with van der Waals surface area (Å²) >= 11 is 0. The number of alkyl carbamates (subject to hydrolysis) is 3. The van der Waals surface area contributed by atoms with E-state index >= 15 is 26.3 Å². The van der Waals surface area contributed by atoms with Crippen molar-refractivity contribution < 1.29 is 203 Å². The first-order valence-corrected chi connectivity index (χ1v) is 45.7. The van der Waals surface area contributed by atoms with Crippen molar-refractivity contribution in [2.75, 3.05) is 19.6 Å². The van der Waals surface area contributed by atoms with Crippen LogP contribution in [0.5, 0.6) is 29.1 Å². The molecule has 3 N–H and O–H groups in total. The van der Waals surface area contributed by atoms with E-state index < -0.39 is 243 Å². The number of carbonyl (C=O) groups excluding carboxylic acids is 9. The minimum absolute atomic E-state index is 0. The molecule has 44 heteroatoms. The van der Waals surface area contributed by atoms with Crippen molar-refractivity contribution in [2.45, 2.75) is 308 Å². The third-order valence-electron chi connectivity index (χ3n) is 27.4. The predicted molar refractivity (Wildman–Crippen MR) is 463 cm³/mol. The maximum atomic E-state index is 16.0. The molecule has 18 atom stereocenters. The molecule has 6 amide bonds. The summed E-state index contributed by atoms with van der Waals surface area (Å²) in [5.41, 5.74) is -7.09. The van der Waals surface area contributed by atoms with Crippen molar-refractivity contribution >= 4 is 87.6 Å². The molecule has 6 fully saturated rings. The second-order valence-electron chi connectivity index (χ2n) is 41.0. The van der Waals surface area contributed by atoms with Gasteiger partial charge in [-0.1, -0.05) is 133 Å². The molecule has 3 saturated carbocycles. The Morgan fingerprint density at radius 1 is 0.436 bits per heavy atom. The summed E-state index contributed by atoms with van der Waals surface area (Å²) in [6.07, 6.45) is -11.4. The molecule has 15 rings (SSSR count). The number of nitrogens with zero attached hydrogens (tertiary/aromatic N) is 6. The molecular formula is C96H111F15N9O17V3-3. The van der Waals surface area contributed by atoms with E-state index in [1.165, 1.54) is 26.8 Å². The Hall–Kier alpha value is -9.18. The monoisotopic (exact) mass is 2100 g/mol. The van der Waals surface area contributed by atoms with E-state index in [1.807, 2.05) is 18.9 Å². The van der Waals surface area contributed by atoms with Gasteiger partial charge < -0.3 is 82.9 Å². The number of halogens is 15. The summed E-state index contributed by atoms with van der Waals surface area (Å²) in [4.78, 5) is 133. The van der Waals surface area contributed by atoms with Crippen LogP contribution in [0.1, 0.15) is 222 Å². The second kappa shape index (κ2) is 42.6. The third-order valence-corrected chi connectivity index (χ3v) is 27.4. The Labute approximate surface area is 834 Å². The molecule has 9 heterocycles. The van der Waals surface area contributed by atoms with Gasteiger partial charge in [-0.3, -0.25) is 14.4 Å². The zero-order valence-electron chi connectivity index (χ0n) is 79.2. The summed E-state index contributed by atoms with van der Waals surface area (Å²) < 4.78 is 256. The number of carbonyl (C=O) groups is 6. The van der Waals surface area contributed by atoms with Crippen LogP contribution in [0, 0.1) is 51.8 Å². The summed E-state index contributed by atoms with van der Waals surface area (Å²) in [5.74, 6) is -17.2. The number of ether oxygens (including phenoxy) is 8. The van der Waals surface area contributed by atoms with E-state index in [4.69, 9.17) is 28.4 Å². The van der Waals surface area contributed by atoms with Gasteiger partial charge in [-0.15, -0.1) is 26.3 Å². The molecule has 6 bridgehead atoms. The number of benzene rings is 3. The van der Waals surface area contributed by atoms with Crippen LogP contribution in [0.4, 0.5) is 80.2 Å². The van der Waals surface area contributed by atoms with Crippen LogP contribution in [-0.2, 0) is 123 Å². The van der Waals surface area contributed by atoms with Gasteiger partial charge in [0, 0.05) is 115 Å². The Kier molecular flexibility index (Phi) is 34.3. The summed E-state index contributed by atoms with van der Waals surface area (Å²) in [6, 6.07) is 5.66. The number of fused-ring (bicyclic) bond motifs is 15. The molecule has 9 aliphatic rings. The van der Waals surface area contributed by atoms with E-state index in [0.29, 0.717) is 57.8 Å². The maximum absolute atomic E-state index is 16.0. The molecule has 3 saturated heterocycles. The van der Waals surface area contributed by atoms with Gasteiger partial charge in [0.2, 0.25) is 35.4 Å². The number of rotatable bonds is 6. The fraction of sp³-hybridized carbons (Fsp3) is 0.625. The summed E-state index contributed by atoms with van der Waals surface area (Å²) in [6.45, 7) is 23.4. The molecule has 3 aliphatic carbocycles. The van der Waals surface area contributed by atoms with Gasteiger partial charge in [0.25, 0.3) is 17.8 Å². The zero-order chi connectivity index (χ0) is 101. The van der Waals surface area contributed by atoms with Gasteiger partial charge in [0.15, 0.2) is 0 Å². The van der Waals surface area contributed by atoms with Gasteiger partial charge in [-0.2, -0.15) is 13.2 Å². The number of aromatic nitrogens is 3. The average molecular weight is 2100 g/mol. The zero-order valence-corrected chi connectivity index (χ0v) is 83.4. The van der Waals surface area contributed by atoms with Crippen molar-refractivity contribution in [3.05, 3.63) is 95.1 Å². The van der Waals surface area contributed by atoms with Gasteiger partial charge in [-0.05, 0) is 166 Å². The largest absolute Gasteiger partial charge is 0.573 e. The standard InChI is InChI=1S/C33H39F5N3O6.C32H37F5N3O6.C31H35F5N3O5.3V/c1-6-21-24(17-42)41-16-25(21)45-27-22(13-18-10-11-20(14-23(18)39-27)46-33(36,37)38)32(34,35)12-8-7-9-19-15-31(19,5)47-29(44)40-26(28(41)43)30(2,3)4;1-17-23(16-41)40-15-24(17)44-26-21(12-18-9-10-20(13-22(18)38-26)45-32(35,36)37)31(33,34)11-7-6-8-19-14-30(19,5)46-28(43)39-25(27(40)42)29(2,3)4;1-16-22(15-40)39-14-24(16)43-26-20(11-17-8-9-19(31(34,35)36)13-21(17)37-26)30(32,33)10-6-5-7-18-12-23(18)44-28(42)38-25(27(39)41)29(2,3)4;;;/h10-11,13-14,19,21,24-26H,6-9,12,15-16H2,1-5H3,(H,40,44);9-10,12-13,17,19,23-25H,6-8,11,14-15H2,1-5H3,(H,39,43);8-9,11,13,16,18,22-25H,5-7,10,12,14H2,1-4H3,(H,38,42);;;/q3*-1;;;/t19-,21+,24-,25+,26-,31-;17-,19+,23+,24-,25+,30+;16-,18+,22+,23+,24-,25+;;;/m100.../s1. The number of nitrogens with one attached hydrogen (secondary N) is 3. The van der Waals surface area contributed by atoms with E-state index in [2.05, 4.69) is 40.4 Å². The Bertz CT molecular complexity index is 5560. The van der Waals surface area contributed by atoms with Gasteiger partial charge in [-0.25, -0.2) is 74.5 Å². The van der Waals surface area contributed by atoms with Crippen molar-refractivity contribution in [3.63, 3.8) is 0 Å². The molecule has 3 radical (unpaired) electrons. The molecule has 26 nitrogen and oxygen atoms in total. The van der Waals surface area contributed by atoms with Crippen LogP contribution in [0.2, 0.25) is 0 Å². The van der Waals surface area contributed by atoms with Gasteiger partial charge >= 0.3 is 37.2 Å². The Morgan fingerprint density at radius 3 is 1.12 bits per heavy atom. The molecule has 3 aromatic carbocycles. The van der Waals surface area contributed by atoms with Crippen molar-refractivity contribution in [2.24, 2.45) is 51.8 Å². The molecule has 0 spiro atoms. The van der Waals surface area contributed by atoms with Crippen LogP contribution in [-0.4, -0.2) is 189 Å². The topological polar surface area (TPSA) is 312 Å². The number of pyridine rings is 3.